The average molecular weight is 214 g/mol. The highest BCUT2D eigenvalue weighted by molar-refractivity contribution is 5.93. The van der Waals surface area contributed by atoms with Crippen LogP contribution in [0.4, 0.5) is 0 Å². The molecule has 16 heavy (non-hydrogen) atoms. The van der Waals surface area contributed by atoms with Crippen molar-refractivity contribution < 1.29 is 9.90 Å². The smallest absolute Gasteiger partial charge is 0.335 e. The van der Waals surface area contributed by atoms with E-state index in [-0.39, 0.29) is 5.56 Å². The first-order valence-corrected chi connectivity index (χ1v) is 4.60. The minimum absolute atomic E-state index is 0.218. The van der Waals surface area contributed by atoms with Crippen molar-refractivity contribution in [3.8, 4) is 0 Å². The fourth-order valence-corrected chi connectivity index (χ4v) is 1.63. The Bertz CT molecular complexity index is 704. The number of aromatic nitrogens is 4. The molecular formula is C10H6N4O2. The van der Waals surface area contributed by atoms with Gasteiger partial charge in [-0.2, -0.15) is 4.52 Å². The lowest BCUT2D eigenvalue weighted by atomic mass is 10.1. The SMILES string of the molecule is O=C(O)c1ccc2ccc3nnnn3c2c1. The second-order valence-electron chi connectivity index (χ2n) is 3.36. The number of carboxylic acids is 1. The van der Waals surface area contributed by atoms with Crippen molar-refractivity contribution in [1.29, 1.82) is 0 Å². The number of pyridine rings is 1. The van der Waals surface area contributed by atoms with Gasteiger partial charge in [0.25, 0.3) is 0 Å². The standard InChI is InChI=1S/C10H6N4O2/c15-10(16)7-2-1-6-3-4-9-11-12-13-14(9)8(6)5-7/h1-5H,(H,15,16). The zero-order valence-corrected chi connectivity index (χ0v) is 8.03. The Morgan fingerprint density at radius 2 is 2.06 bits per heavy atom. The quantitative estimate of drug-likeness (QED) is 0.653. The van der Waals surface area contributed by atoms with Crippen LogP contribution in [0.3, 0.4) is 0 Å². The Morgan fingerprint density at radius 3 is 2.88 bits per heavy atom. The van der Waals surface area contributed by atoms with E-state index in [2.05, 4.69) is 15.5 Å². The van der Waals surface area contributed by atoms with E-state index in [1.54, 1.807) is 24.3 Å². The molecule has 0 atom stereocenters. The molecular weight excluding hydrogens is 208 g/mol. The Hall–Kier alpha value is -2.50. The Balaban J connectivity index is 2.46. The molecule has 3 rings (SSSR count). The summed E-state index contributed by atoms with van der Waals surface area (Å²) in [5.41, 5.74) is 1.49. The minimum atomic E-state index is -0.966. The van der Waals surface area contributed by atoms with E-state index in [1.807, 2.05) is 6.07 Å². The van der Waals surface area contributed by atoms with Gasteiger partial charge >= 0.3 is 5.97 Å². The molecule has 78 valence electrons. The topological polar surface area (TPSA) is 80.4 Å². The van der Waals surface area contributed by atoms with Crippen molar-refractivity contribution in [2.75, 3.05) is 0 Å². The molecule has 0 radical (unpaired) electrons. The van der Waals surface area contributed by atoms with Gasteiger partial charge in [0.1, 0.15) is 0 Å². The monoisotopic (exact) mass is 214 g/mol. The largest absolute Gasteiger partial charge is 0.478 e. The lowest BCUT2D eigenvalue weighted by molar-refractivity contribution is 0.0697. The molecule has 0 fully saturated rings. The molecule has 0 saturated carbocycles. The normalized spacial score (nSPS) is 11.0. The third kappa shape index (κ3) is 1.13. The van der Waals surface area contributed by atoms with E-state index in [0.717, 1.165) is 5.39 Å². The number of aromatic carboxylic acids is 1. The maximum atomic E-state index is 10.9. The fraction of sp³-hybridized carbons (Fsp3) is 0. The highest BCUT2D eigenvalue weighted by Gasteiger charge is 2.07. The summed E-state index contributed by atoms with van der Waals surface area (Å²) < 4.78 is 1.52. The first-order chi connectivity index (χ1) is 7.75. The lowest BCUT2D eigenvalue weighted by Gasteiger charge is -2.00. The van der Waals surface area contributed by atoms with Crippen LogP contribution in [-0.4, -0.2) is 31.1 Å². The van der Waals surface area contributed by atoms with E-state index in [9.17, 15) is 4.79 Å². The first kappa shape index (κ1) is 8.78. The second-order valence-corrected chi connectivity index (χ2v) is 3.36. The number of carbonyl (C=O) groups is 1. The summed E-state index contributed by atoms with van der Waals surface area (Å²) in [5.74, 6) is -0.966. The van der Waals surface area contributed by atoms with E-state index < -0.39 is 5.97 Å². The molecule has 0 amide bonds. The zero-order valence-electron chi connectivity index (χ0n) is 8.03. The van der Waals surface area contributed by atoms with Crippen LogP contribution >= 0.6 is 0 Å². The number of nitrogens with zero attached hydrogens (tertiary/aromatic N) is 4. The Kier molecular flexibility index (Phi) is 1.64. The molecule has 2 heterocycles. The van der Waals surface area contributed by atoms with E-state index in [0.29, 0.717) is 11.2 Å². The summed E-state index contributed by atoms with van der Waals surface area (Å²) in [5, 5.41) is 20.9. The molecule has 6 nitrogen and oxygen atoms in total. The minimum Gasteiger partial charge on any atom is -0.478 e. The molecule has 6 heteroatoms. The zero-order chi connectivity index (χ0) is 11.1. The van der Waals surface area contributed by atoms with Gasteiger partial charge in [-0.1, -0.05) is 6.07 Å². The molecule has 0 aliphatic carbocycles. The molecule has 0 aliphatic rings. The van der Waals surface area contributed by atoms with Gasteiger partial charge in [0.05, 0.1) is 11.1 Å². The third-order valence-corrected chi connectivity index (χ3v) is 2.41. The van der Waals surface area contributed by atoms with Crippen molar-refractivity contribution in [3.05, 3.63) is 35.9 Å². The van der Waals surface area contributed by atoms with E-state index in [4.69, 9.17) is 5.11 Å². The van der Waals surface area contributed by atoms with Gasteiger partial charge in [-0.15, -0.1) is 5.10 Å². The summed E-state index contributed by atoms with van der Waals surface area (Å²) >= 11 is 0. The number of tetrazole rings is 1. The summed E-state index contributed by atoms with van der Waals surface area (Å²) in [6.07, 6.45) is 0. The van der Waals surface area contributed by atoms with Gasteiger partial charge in [0.2, 0.25) is 0 Å². The lowest BCUT2D eigenvalue weighted by Crippen LogP contribution is -1.98. The molecule has 0 saturated heterocycles. The van der Waals surface area contributed by atoms with Crippen molar-refractivity contribution in [2.45, 2.75) is 0 Å². The molecule has 2 aromatic heterocycles. The van der Waals surface area contributed by atoms with Gasteiger partial charge < -0.3 is 5.11 Å². The van der Waals surface area contributed by atoms with Gasteiger partial charge in [0.15, 0.2) is 5.65 Å². The molecule has 1 N–H and O–H groups in total. The maximum absolute atomic E-state index is 10.9. The highest BCUT2D eigenvalue weighted by atomic mass is 16.4. The Morgan fingerprint density at radius 1 is 1.25 bits per heavy atom. The number of hydrogen-bond acceptors (Lipinski definition) is 4. The molecule has 0 aliphatic heterocycles. The van der Waals surface area contributed by atoms with E-state index in [1.165, 1.54) is 4.52 Å². The van der Waals surface area contributed by atoms with Crippen LogP contribution in [0.5, 0.6) is 0 Å². The van der Waals surface area contributed by atoms with Crippen LogP contribution in [-0.2, 0) is 0 Å². The number of fused-ring (bicyclic) bond motifs is 3. The van der Waals surface area contributed by atoms with Crippen LogP contribution in [0.25, 0.3) is 16.6 Å². The predicted octanol–water partition coefficient (Wildman–Crippen LogP) is 0.976. The number of hydrogen-bond donors (Lipinski definition) is 1. The van der Waals surface area contributed by atoms with Gasteiger partial charge in [-0.25, -0.2) is 4.79 Å². The van der Waals surface area contributed by atoms with Crippen LogP contribution in [0, 0.1) is 0 Å². The predicted molar refractivity (Wildman–Crippen MR) is 55.2 cm³/mol. The van der Waals surface area contributed by atoms with Gasteiger partial charge in [-0.3, -0.25) is 0 Å². The molecule has 1 aromatic carbocycles. The highest BCUT2D eigenvalue weighted by Crippen LogP contribution is 2.16. The molecule has 3 aromatic rings. The average Bonchev–Trinajstić information content (AvgIpc) is 2.76. The Labute approximate surface area is 89.1 Å². The van der Waals surface area contributed by atoms with Gasteiger partial charge in [-0.05, 0) is 34.7 Å². The summed E-state index contributed by atoms with van der Waals surface area (Å²) in [6.45, 7) is 0. The molecule has 0 unspecified atom stereocenters. The number of benzene rings is 1. The molecule has 0 bridgehead atoms. The fourth-order valence-electron chi connectivity index (χ4n) is 1.63. The number of rotatable bonds is 1. The first-order valence-electron chi connectivity index (χ1n) is 4.60. The van der Waals surface area contributed by atoms with Crippen molar-refractivity contribution >= 4 is 22.5 Å². The van der Waals surface area contributed by atoms with Crippen molar-refractivity contribution in [3.63, 3.8) is 0 Å². The van der Waals surface area contributed by atoms with Crippen LogP contribution < -0.4 is 0 Å². The molecule has 0 spiro atoms. The summed E-state index contributed by atoms with van der Waals surface area (Å²) in [7, 11) is 0. The summed E-state index contributed by atoms with van der Waals surface area (Å²) in [4.78, 5) is 10.9. The summed E-state index contributed by atoms with van der Waals surface area (Å²) in [6, 6.07) is 8.48. The maximum Gasteiger partial charge on any atom is 0.335 e. The van der Waals surface area contributed by atoms with Crippen LogP contribution in [0.15, 0.2) is 30.3 Å². The number of carboxylic acid groups (broad SMARTS) is 1. The van der Waals surface area contributed by atoms with Crippen LogP contribution in [0.1, 0.15) is 10.4 Å². The van der Waals surface area contributed by atoms with Crippen molar-refractivity contribution in [2.24, 2.45) is 0 Å². The van der Waals surface area contributed by atoms with Crippen LogP contribution in [0.2, 0.25) is 0 Å². The van der Waals surface area contributed by atoms with Gasteiger partial charge in [0, 0.05) is 5.39 Å². The second kappa shape index (κ2) is 2.99. The van der Waals surface area contributed by atoms with Crippen molar-refractivity contribution in [1.82, 2.24) is 20.0 Å². The van der Waals surface area contributed by atoms with E-state index >= 15 is 0 Å². The third-order valence-electron chi connectivity index (χ3n) is 2.41.